The highest BCUT2D eigenvalue weighted by Crippen LogP contribution is 2.43. The van der Waals surface area contributed by atoms with Crippen molar-refractivity contribution in [3.05, 3.63) is 243 Å². The zero-order valence-electron chi connectivity index (χ0n) is 34.0. The molecule has 0 aliphatic heterocycles. The molecule has 62 heavy (non-hydrogen) atoms. The first kappa shape index (κ1) is 35.7. The van der Waals surface area contributed by atoms with Crippen LogP contribution in [-0.4, -0.2) is 4.57 Å². The molecule has 11 aromatic carbocycles. The fourth-order valence-electron chi connectivity index (χ4n) is 9.64. The maximum absolute atomic E-state index is 2.44. The average Bonchev–Trinajstić information content (AvgIpc) is 3.69. The average molecular weight is 789 g/mol. The third-order valence-corrected chi connectivity index (χ3v) is 12.6. The smallest absolute Gasteiger partial charge is 0.0547 e. The first-order valence-corrected chi connectivity index (χ1v) is 21.3. The highest BCUT2D eigenvalue weighted by molar-refractivity contribution is 6.16. The number of anilines is 3. The molecule has 290 valence electrons. The van der Waals surface area contributed by atoms with Gasteiger partial charge in [-0.1, -0.05) is 182 Å². The second-order valence-electron chi connectivity index (χ2n) is 16.1. The van der Waals surface area contributed by atoms with Crippen LogP contribution in [0, 0.1) is 0 Å². The van der Waals surface area contributed by atoms with E-state index in [-0.39, 0.29) is 0 Å². The van der Waals surface area contributed by atoms with Crippen LogP contribution in [0.3, 0.4) is 0 Å². The Kier molecular flexibility index (Phi) is 8.53. The molecule has 0 saturated heterocycles. The third kappa shape index (κ3) is 6.04. The molecule has 1 heterocycles. The van der Waals surface area contributed by atoms with Gasteiger partial charge in [0.15, 0.2) is 0 Å². The van der Waals surface area contributed by atoms with E-state index >= 15 is 0 Å². The van der Waals surface area contributed by atoms with Crippen molar-refractivity contribution >= 4 is 71.2 Å². The summed E-state index contributed by atoms with van der Waals surface area (Å²) in [4.78, 5) is 2.38. The van der Waals surface area contributed by atoms with Gasteiger partial charge in [-0.2, -0.15) is 0 Å². The number of fused-ring (bicyclic) bond motifs is 7. The number of para-hydroxylation sites is 1. The summed E-state index contributed by atoms with van der Waals surface area (Å²) in [6.45, 7) is 0. The van der Waals surface area contributed by atoms with Gasteiger partial charge in [-0.15, -0.1) is 0 Å². The van der Waals surface area contributed by atoms with Gasteiger partial charge >= 0.3 is 0 Å². The molecule has 0 radical (unpaired) electrons. The summed E-state index contributed by atoms with van der Waals surface area (Å²) in [7, 11) is 0. The molecule has 0 atom stereocenters. The van der Waals surface area contributed by atoms with Gasteiger partial charge in [-0.25, -0.2) is 0 Å². The Morgan fingerprint density at radius 1 is 0.274 bits per heavy atom. The minimum Gasteiger partial charge on any atom is -0.310 e. The Balaban J connectivity index is 0.995. The van der Waals surface area contributed by atoms with E-state index in [2.05, 4.69) is 252 Å². The lowest BCUT2D eigenvalue weighted by atomic mass is 9.97. The first-order valence-electron chi connectivity index (χ1n) is 21.3. The molecule has 12 aromatic rings. The Morgan fingerprint density at radius 2 is 0.823 bits per heavy atom. The van der Waals surface area contributed by atoms with Crippen molar-refractivity contribution < 1.29 is 0 Å². The molecule has 0 bridgehead atoms. The zero-order chi connectivity index (χ0) is 41.0. The van der Waals surface area contributed by atoms with E-state index in [0.29, 0.717) is 0 Å². The summed E-state index contributed by atoms with van der Waals surface area (Å²) in [6, 6.07) is 88.5. The van der Waals surface area contributed by atoms with Crippen molar-refractivity contribution in [2.24, 2.45) is 0 Å². The summed E-state index contributed by atoms with van der Waals surface area (Å²) < 4.78 is 2.44. The first-order chi connectivity index (χ1) is 30.7. The van der Waals surface area contributed by atoms with Crippen molar-refractivity contribution in [3.63, 3.8) is 0 Å². The van der Waals surface area contributed by atoms with Crippen LogP contribution in [0.5, 0.6) is 0 Å². The lowest BCUT2D eigenvalue weighted by Gasteiger charge is -2.26. The second kappa shape index (κ2) is 14.8. The van der Waals surface area contributed by atoms with Crippen LogP contribution in [0.25, 0.3) is 93.2 Å². The Hall–Kier alpha value is -8.20. The second-order valence-corrected chi connectivity index (χ2v) is 16.1. The Labute approximate surface area is 360 Å². The molecule has 0 spiro atoms. The van der Waals surface area contributed by atoms with Crippen molar-refractivity contribution in [1.82, 2.24) is 4.57 Å². The molecule has 1 aromatic heterocycles. The molecule has 0 N–H and O–H groups in total. The van der Waals surface area contributed by atoms with Crippen molar-refractivity contribution in [1.29, 1.82) is 0 Å². The predicted octanol–water partition coefficient (Wildman–Crippen LogP) is 16.7. The van der Waals surface area contributed by atoms with Gasteiger partial charge in [0.1, 0.15) is 0 Å². The molecular weight excluding hydrogens is 749 g/mol. The molecule has 0 unspecified atom stereocenters. The summed E-state index contributed by atoms with van der Waals surface area (Å²) in [6.07, 6.45) is 0. The molecule has 0 fully saturated rings. The molecule has 2 nitrogen and oxygen atoms in total. The SMILES string of the molecule is c1ccc(-c2ccc(N(c3ccc(-c4cccc5ccccc45)cc3)c3cccc(-c4cccc5c4c4ccccc4n5-c4ccc5c(ccc6ccccc65)c4)c3)cc2)cc1. The number of hydrogen-bond donors (Lipinski definition) is 0. The molecule has 0 amide bonds. The quantitative estimate of drug-likeness (QED) is 0.146. The van der Waals surface area contributed by atoms with Gasteiger partial charge in [0.2, 0.25) is 0 Å². The third-order valence-electron chi connectivity index (χ3n) is 12.6. The van der Waals surface area contributed by atoms with Crippen LogP contribution in [-0.2, 0) is 0 Å². The maximum atomic E-state index is 2.44. The lowest BCUT2D eigenvalue weighted by Crippen LogP contribution is -2.10. The molecule has 0 saturated carbocycles. The number of benzene rings is 11. The van der Waals surface area contributed by atoms with Gasteiger partial charge in [-0.3, -0.25) is 0 Å². The van der Waals surface area contributed by atoms with Crippen LogP contribution in [0.15, 0.2) is 243 Å². The van der Waals surface area contributed by atoms with Gasteiger partial charge < -0.3 is 9.47 Å². The number of rotatable bonds is 7. The largest absolute Gasteiger partial charge is 0.310 e. The van der Waals surface area contributed by atoms with E-state index in [0.717, 1.165) is 22.7 Å². The molecule has 0 aliphatic carbocycles. The van der Waals surface area contributed by atoms with E-state index < -0.39 is 0 Å². The molecule has 0 aliphatic rings. The predicted molar refractivity (Wildman–Crippen MR) is 264 cm³/mol. The standard InChI is InChI=1S/C60H40N2/c1-2-13-41(14-3-1)42-29-33-48(34-30-42)61(49-35-31-45(32-36-49)54-23-11-17-43-15-4-6-20-52(43)54)50-19-10-18-46(39-50)56-24-12-26-59-60(56)57-22-8-9-25-58(57)62(59)51-37-38-55-47(40-51)28-27-44-16-5-7-21-53(44)55/h1-40H. The summed E-state index contributed by atoms with van der Waals surface area (Å²) in [5, 5.41) is 10.0. The normalized spacial score (nSPS) is 11.5. The van der Waals surface area contributed by atoms with E-state index in [1.165, 1.54) is 87.5 Å². The van der Waals surface area contributed by atoms with Crippen molar-refractivity contribution in [2.45, 2.75) is 0 Å². The summed E-state index contributed by atoms with van der Waals surface area (Å²) >= 11 is 0. The van der Waals surface area contributed by atoms with Crippen LogP contribution in [0.2, 0.25) is 0 Å². The fraction of sp³-hybridized carbons (Fsp3) is 0. The molecular formula is C60H40N2. The fourth-order valence-corrected chi connectivity index (χ4v) is 9.64. The Bertz CT molecular complexity index is 3610. The van der Waals surface area contributed by atoms with Crippen LogP contribution >= 0.6 is 0 Å². The van der Waals surface area contributed by atoms with Gasteiger partial charge in [0, 0.05) is 33.5 Å². The van der Waals surface area contributed by atoms with E-state index in [9.17, 15) is 0 Å². The van der Waals surface area contributed by atoms with Gasteiger partial charge in [0.25, 0.3) is 0 Å². The van der Waals surface area contributed by atoms with Gasteiger partial charge in [-0.05, 0) is 126 Å². The zero-order valence-corrected chi connectivity index (χ0v) is 34.0. The topological polar surface area (TPSA) is 8.17 Å². The summed E-state index contributed by atoms with van der Waals surface area (Å²) in [5.41, 5.74) is 14.0. The van der Waals surface area contributed by atoms with Crippen LogP contribution in [0.4, 0.5) is 17.1 Å². The van der Waals surface area contributed by atoms with Crippen LogP contribution < -0.4 is 4.90 Å². The number of nitrogens with zero attached hydrogens (tertiary/aromatic N) is 2. The monoisotopic (exact) mass is 788 g/mol. The lowest BCUT2D eigenvalue weighted by molar-refractivity contribution is 1.19. The van der Waals surface area contributed by atoms with E-state index in [1.807, 2.05) is 0 Å². The molecule has 2 heteroatoms. The number of hydrogen-bond acceptors (Lipinski definition) is 1. The highest BCUT2D eigenvalue weighted by atomic mass is 15.1. The minimum atomic E-state index is 1.09. The van der Waals surface area contributed by atoms with Crippen molar-refractivity contribution in [3.8, 4) is 39.1 Å². The molecule has 12 rings (SSSR count). The maximum Gasteiger partial charge on any atom is 0.0547 e. The van der Waals surface area contributed by atoms with Crippen molar-refractivity contribution in [2.75, 3.05) is 4.90 Å². The van der Waals surface area contributed by atoms with E-state index in [4.69, 9.17) is 0 Å². The van der Waals surface area contributed by atoms with E-state index in [1.54, 1.807) is 0 Å². The van der Waals surface area contributed by atoms with Crippen LogP contribution in [0.1, 0.15) is 0 Å². The summed E-state index contributed by atoms with van der Waals surface area (Å²) in [5.74, 6) is 0. The highest BCUT2D eigenvalue weighted by Gasteiger charge is 2.19. The minimum absolute atomic E-state index is 1.09. The Morgan fingerprint density at radius 3 is 1.63 bits per heavy atom. The number of aromatic nitrogens is 1. The van der Waals surface area contributed by atoms with Gasteiger partial charge in [0.05, 0.1) is 11.0 Å².